The minimum atomic E-state index is -1.95. The van der Waals surface area contributed by atoms with Gasteiger partial charge in [0.15, 0.2) is 8.32 Å². The summed E-state index contributed by atoms with van der Waals surface area (Å²) in [6, 6.07) is 9.28. The number of carbonyl (C=O) groups excluding carboxylic acids is 2. The van der Waals surface area contributed by atoms with Gasteiger partial charge in [0, 0.05) is 6.54 Å². The van der Waals surface area contributed by atoms with Crippen molar-refractivity contribution in [1.82, 2.24) is 10.4 Å². The van der Waals surface area contributed by atoms with Crippen LogP contribution in [-0.2, 0) is 20.5 Å². The molecule has 9 heteroatoms. The molecular formula is C24H42N2O6Si. The van der Waals surface area contributed by atoms with E-state index in [1.54, 1.807) is 20.8 Å². The Morgan fingerprint density at radius 3 is 2.24 bits per heavy atom. The molecule has 0 aliphatic carbocycles. The molecule has 0 fully saturated rings. The van der Waals surface area contributed by atoms with Gasteiger partial charge in [-0.05, 0) is 57.3 Å². The molecule has 2 amide bonds. The van der Waals surface area contributed by atoms with Gasteiger partial charge in [-0.25, -0.2) is 20.0 Å². The Morgan fingerprint density at radius 2 is 1.70 bits per heavy atom. The summed E-state index contributed by atoms with van der Waals surface area (Å²) in [6.07, 6.45) is -1.26. The number of hydrogen-bond acceptors (Lipinski definition) is 6. The molecule has 0 bridgehead atoms. The van der Waals surface area contributed by atoms with E-state index in [1.165, 1.54) is 0 Å². The summed E-state index contributed by atoms with van der Waals surface area (Å²) in [4.78, 5) is 24.8. The third-order valence-electron chi connectivity index (χ3n) is 5.41. The van der Waals surface area contributed by atoms with Crippen molar-refractivity contribution in [2.24, 2.45) is 0 Å². The highest BCUT2D eigenvalue weighted by Gasteiger charge is 2.37. The summed E-state index contributed by atoms with van der Waals surface area (Å²) in [6.45, 7) is 16.4. The first-order valence-electron chi connectivity index (χ1n) is 11.4. The van der Waals surface area contributed by atoms with E-state index in [1.807, 2.05) is 30.3 Å². The van der Waals surface area contributed by atoms with Crippen molar-refractivity contribution in [3.05, 3.63) is 35.9 Å². The summed E-state index contributed by atoms with van der Waals surface area (Å²) in [5.41, 5.74) is 2.58. The molecule has 0 saturated heterocycles. The number of hydrazine groups is 1. The number of aliphatic hydroxyl groups excluding tert-OH is 1. The third kappa shape index (κ3) is 11.5. The van der Waals surface area contributed by atoms with Crippen LogP contribution in [0.1, 0.15) is 59.9 Å². The molecular weight excluding hydrogens is 440 g/mol. The van der Waals surface area contributed by atoms with E-state index in [0.717, 1.165) is 10.6 Å². The fourth-order valence-electron chi connectivity index (χ4n) is 2.49. The van der Waals surface area contributed by atoms with Gasteiger partial charge >= 0.3 is 12.2 Å². The van der Waals surface area contributed by atoms with Crippen molar-refractivity contribution in [1.29, 1.82) is 0 Å². The smallest absolute Gasteiger partial charge is 0.429 e. The molecule has 1 aromatic rings. The van der Waals surface area contributed by atoms with Crippen molar-refractivity contribution < 1.29 is 28.6 Å². The molecule has 188 valence electrons. The fourth-order valence-corrected chi connectivity index (χ4v) is 3.53. The first kappa shape index (κ1) is 28.9. The maximum absolute atomic E-state index is 12.6. The molecule has 0 saturated carbocycles. The van der Waals surface area contributed by atoms with Gasteiger partial charge in [-0.1, -0.05) is 51.1 Å². The maximum atomic E-state index is 12.6. The molecule has 0 aliphatic heterocycles. The van der Waals surface area contributed by atoms with E-state index in [2.05, 4.69) is 39.3 Å². The molecule has 0 aliphatic rings. The van der Waals surface area contributed by atoms with E-state index in [9.17, 15) is 14.7 Å². The summed E-state index contributed by atoms with van der Waals surface area (Å²) < 4.78 is 16.7. The predicted molar refractivity (Wildman–Crippen MR) is 131 cm³/mol. The highest BCUT2D eigenvalue weighted by molar-refractivity contribution is 6.74. The minimum absolute atomic E-state index is 0.0589. The summed E-state index contributed by atoms with van der Waals surface area (Å²) in [5, 5.41) is 11.5. The van der Waals surface area contributed by atoms with Gasteiger partial charge in [-0.2, -0.15) is 0 Å². The lowest BCUT2D eigenvalue weighted by molar-refractivity contribution is 0.0251. The van der Waals surface area contributed by atoms with Crippen molar-refractivity contribution in [2.75, 3.05) is 13.2 Å². The maximum Gasteiger partial charge on any atom is 0.429 e. The van der Waals surface area contributed by atoms with E-state index in [0.29, 0.717) is 12.8 Å². The average Bonchev–Trinajstić information content (AvgIpc) is 2.68. The Morgan fingerprint density at radius 1 is 1.09 bits per heavy atom. The normalized spacial score (nSPS) is 13.2. The molecule has 0 unspecified atom stereocenters. The Kier molecular flexibility index (Phi) is 10.9. The number of benzene rings is 1. The standard InChI is InChI=1S/C24H42N2O6Si/c1-23(2,3)32-21(28)25-26(22(29)30-17-19-13-10-9-11-14-19)16-12-15-20(27)18-31-33(7,8)24(4,5)6/h9-11,13-14,20,27H,12,15-18H2,1-8H3,(H,25,28)/t20-/m0/s1. The van der Waals surface area contributed by atoms with Crippen LogP contribution < -0.4 is 5.43 Å². The van der Waals surface area contributed by atoms with E-state index < -0.39 is 32.2 Å². The second-order valence-corrected chi connectivity index (χ2v) is 15.5. The van der Waals surface area contributed by atoms with Crippen LogP contribution in [0.5, 0.6) is 0 Å². The highest BCUT2D eigenvalue weighted by atomic mass is 28.4. The third-order valence-corrected chi connectivity index (χ3v) is 9.91. The molecule has 0 spiro atoms. The van der Waals surface area contributed by atoms with Crippen LogP contribution in [0.25, 0.3) is 0 Å². The second kappa shape index (κ2) is 12.4. The first-order valence-corrected chi connectivity index (χ1v) is 14.3. The van der Waals surface area contributed by atoms with Crippen LogP contribution >= 0.6 is 0 Å². The molecule has 1 atom stereocenters. The van der Waals surface area contributed by atoms with Gasteiger partial charge in [0.1, 0.15) is 12.2 Å². The zero-order chi connectivity index (χ0) is 25.3. The first-order chi connectivity index (χ1) is 15.1. The van der Waals surface area contributed by atoms with Crippen molar-refractivity contribution in [3.63, 3.8) is 0 Å². The van der Waals surface area contributed by atoms with Crippen LogP contribution in [-0.4, -0.2) is 55.5 Å². The quantitative estimate of drug-likeness (QED) is 0.370. The Labute approximate surface area is 199 Å². The van der Waals surface area contributed by atoms with Gasteiger partial charge in [0.25, 0.3) is 0 Å². The van der Waals surface area contributed by atoms with E-state index in [4.69, 9.17) is 13.9 Å². The molecule has 0 aromatic heterocycles. The molecule has 1 aromatic carbocycles. The van der Waals surface area contributed by atoms with E-state index in [-0.39, 0.29) is 24.8 Å². The highest BCUT2D eigenvalue weighted by Crippen LogP contribution is 2.36. The Bertz CT molecular complexity index is 744. The van der Waals surface area contributed by atoms with Gasteiger partial charge in [-0.3, -0.25) is 0 Å². The summed E-state index contributed by atoms with van der Waals surface area (Å²) >= 11 is 0. The SMILES string of the molecule is CC(C)(C)OC(=O)NN(CCC[C@H](O)CO[Si](C)(C)C(C)(C)C)C(=O)OCc1ccccc1. The predicted octanol–water partition coefficient (Wildman–Crippen LogP) is 5.23. The number of carbonyl (C=O) groups is 2. The lowest BCUT2D eigenvalue weighted by atomic mass is 10.2. The lowest BCUT2D eigenvalue weighted by Crippen LogP contribution is -2.48. The molecule has 8 nitrogen and oxygen atoms in total. The van der Waals surface area contributed by atoms with Crippen LogP contribution in [0.4, 0.5) is 9.59 Å². The molecule has 2 N–H and O–H groups in total. The zero-order valence-corrected chi connectivity index (χ0v) is 22.4. The van der Waals surface area contributed by atoms with E-state index >= 15 is 0 Å². The fraction of sp³-hybridized carbons (Fsp3) is 0.667. The van der Waals surface area contributed by atoms with Gasteiger partial charge in [0.05, 0.1) is 12.7 Å². The number of aliphatic hydroxyl groups is 1. The molecule has 1 rings (SSSR count). The number of nitrogens with one attached hydrogen (secondary N) is 1. The Balaban J connectivity index is 2.63. The van der Waals surface area contributed by atoms with Crippen molar-refractivity contribution >= 4 is 20.5 Å². The second-order valence-electron chi connectivity index (χ2n) is 10.7. The number of rotatable bonds is 9. The number of hydrogen-bond donors (Lipinski definition) is 2. The van der Waals surface area contributed by atoms with Gasteiger partial charge in [-0.15, -0.1) is 0 Å². The van der Waals surface area contributed by atoms with Gasteiger partial charge < -0.3 is 19.0 Å². The Hall–Kier alpha value is -2.10. The van der Waals surface area contributed by atoms with Crippen LogP contribution in [0.2, 0.25) is 18.1 Å². The largest absolute Gasteiger partial charge is 0.443 e. The van der Waals surface area contributed by atoms with Crippen molar-refractivity contribution in [2.45, 2.75) is 90.8 Å². The minimum Gasteiger partial charge on any atom is -0.443 e. The topological polar surface area (TPSA) is 97.3 Å². The zero-order valence-electron chi connectivity index (χ0n) is 21.4. The number of ether oxygens (including phenoxy) is 2. The van der Waals surface area contributed by atoms with Gasteiger partial charge in [0.2, 0.25) is 0 Å². The van der Waals surface area contributed by atoms with Crippen LogP contribution in [0.3, 0.4) is 0 Å². The monoisotopic (exact) mass is 482 g/mol. The molecule has 0 heterocycles. The summed E-state index contributed by atoms with van der Waals surface area (Å²) in [5.74, 6) is 0. The van der Waals surface area contributed by atoms with Crippen LogP contribution in [0, 0.1) is 0 Å². The van der Waals surface area contributed by atoms with Crippen molar-refractivity contribution in [3.8, 4) is 0 Å². The number of nitrogens with zero attached hydrogens (tertiary/aromatic N) is 1. The molecule has 0 radical (unpaired) electrons. The lowest BCUT2D eigenvalue weighted by Gasteiger charge is -2.36. The number of amides is 2. The summed E-state index contributed by atoms with van der Waals surface area (Å²) in [7, 11) is -1.95. The average molecular weight is 483 g/mol. The van der Waals surface area contributed by atoms with Crippen LogP contribution in [0.15, 0.2) is 30.3 Å². The molecule has 33 heavy (non-hydrogen) atoms.